The van der Waals surface area contributed by atoms with Crippen molar-refractivity contribution in [3.8, 4) is 11.5 Å². The van der Waals surface area contributed by atoms with E-state index >= 15 is 0 Å². The van der Waals surface area contributed by atoms with Crippen LogP contribution in [0.25, 0.3) is 0 Å². The van der Waals surface area contributed by atoms with Gasteiger partial charge in [-0.3, -0.25) is 4.79 Å². The highest BCUT2D eigenvalue weighted by atomic mass is 16.7. The molecule has 47 heavy (non-hydrogen) atoms. The Morgan fingerprint density at radius 2 is 1.34 bits per heavy atom. The molecule has 2 aromatic carbocycles. The van der Waals surface area contributed by atoms with Crippen LogP contribution < -0.4 is 9.47 Å². The smallest absolute Gasteiger partial charge is 0.335 e. The summed E-state index contributed by atoms with van der Waals surface area (Å²) in [6, 6.07) is 15.8. The second kappa shape index (κ2) is 19.8. The van der Waals surface area contributed by atoms with E-state index in [1.807, 2.05) is 62.4 Å². The highest BCUT2D eigenvalue weighted by molar-refractivity contribution is 5.86. The van der Waals surface area contributed by atoms with Crippen molar-refractivity contribution in [1.29, 1.82) is 0 Å². The van der Waals surface area contributed by atoms with Gasteiger partial charge in [0.05, 0.1) is 31.3 Å². The van der Waals surface area contributed by atoms with Crippen molar-refractivity contribution in [2.24, 2.45) is 11.8 Å². The summed E-state index contributed by atoms with van der Waals surface area (Å²) >= 11 is 0. The van der Waals surface area contributed by atoms with Crippen LogP contribution in [0.1, 0.15) is 72.4 Å². The topological polar surface area (TPSA) is 127 Å². The summed E-state index contributed by atoms with van der Waals surface area (Å²) < 4.78 is 32.9. The Bertz CT molecular complexity index is 1250. The van der Waals surface area contributed by atoms with Crippen LogP contribution in [0, 0.1) is 11.8 Å². The lowest BCUT2D eigenvalue weighted by atomic mass is 9.78. The monoisotopic (exact) mass is 656 g/mol. The third-order valence-corrected chi connectivity index (χ3v) is 7.59. The standard InChI is InChI=1S/C37H52O10/c1-25(2)35(40)45-23-32(39)22-42-28(6)20-43-33-15-11-30(12-16-33)37(7,8)31-13-17-34(18-14-31)44-21-29(19-38)10-9-27(5)46-24-47-36(41)26(3)4/h11-19,25,27-29,32,39H,3,9-10,20-24H2,1-2,4-8H3. The third-order valence-electron chi connectivity index (χ3n) is 7.59. The Hall–Kier alpha value is -3.73. The largest absolute Gasteiger partial charge is 0.493 e. The Labute approximate surface area is 279 Å². The molecule has 2 rings (SSSR count). The predicted molar refractivity (Wildman–Crippen MR) is 178 cm³/mol. The normalized spacial score (nSPS) is 14.1. The van der Waals surface area contributed by atoms with Gasteiger partial charge in [-0.25, -0.2) is 4.79 Å². The molecular weight excluding hydrogens is 604 g/mol. The molecule has 0 heterocycles. The third kappa shape index (κ3) is 14.3. The zero-order valence-electron chi connectivity index (χ0n) is 28.9. The Morgan fingerprint density at radius 1 is 0.787 bits per heavy atom. The van der Waals surface area contributed by atoms with Gasteiger partial charge in [-0.1, -0.05) is 58.5 Å². The first-order chi connectivity index (χ1) is 22.2. The van der Waals surface area contributed by atoms with Crippen LogP contribution in [0.5, 0.6) is 11.5 Å². The molecule has 0 radical (unpaired) electrons. The second-order valence-corrected chi connectivity index (χ2v) is 12.7. The number of carbonyl (C=O) groups is 3. The van der Waals surface area contributed by atoms with Crippen LogP contribution in [-0.2, 0) is 38.7 Å². The first-order valence-electron chi connectivity index (χ1n) is 16.0. The van der Waals surface area contributed by atoms with Gasteiger partial charge in [-0.2, -0.15) is 0 Å². The van der Waals surface area contributed by atoms with Crippen LogP contribution in [0.15, 0.2) is 60.7 Å². The highest BCUT2D eigenvalue weighted by Crippen LogP contribution is 2.33. The molecule has 0 saturated carbocycles. The van der Waals surface area contributed by atoms with E-state index in [-0.39, 0.29) is 62.0 Å². The molecule has 0 aliphatic carbocycles. The summed E-state index contributed by atoms with van der Waals surface area (Å²) in [5, 5.41) is 9.99. The molecule has 0 saturated heterocycles. The maximum absolute atomic E-state index is 11.6. The summed E-state index contributed by atoms with van der Waals surface area (Å²) in [6.45, 7) is 16.9. The number of ether oxygens (including phenoxy) is 6. The predicted octanol–water partition coefficient (Wildman–Crippen LogP) is 5.81. The lowest BCUT2D eigenvalue weighted by Gasteiger charge is -2.26. The van der Waals surface area contributed by atoms with Gasteiger partial charge >= 0.3 is 11.9 Å². The summed E-state index contributed by atoms with van der Waals surface area (Å²) in [6.07, 6.45) is 0.734. The van der Waals surface area contributed by atoms with Gasteiger partial charge < -0.3 is 38.3 Å². The molecule has 0 aromatic heterocycles. The summed E-state index contributed by atoms with van der Waals surface area (Å²) in [4.78, 5) is 34.6. The molecule has 0 aliphatic rings. The van der Waals surface area contributed by atoms with Crippen molar-refractivity contribution in [1.82, 2.24) is 0 Å². The van der Waals surface area contributed by atoms with E-state index in [9.17, 15) is 19.5 Å². The fourth-order valence-corrected chi connectivity index (χ4v) is 4.29. The van der Waals surface area contributed by atoms with E-state index < -0.39 is 12.1 Å². The average Bonchev–Trinajstić information content (AvgIpc) is 3.05. The van der Waals surface area contributed by atoms with Crippen molar-refractivity contribution in [2.45, 2.75) is 85.0 Å². The quantitative estimate of drug-likeness (QED) is 0.0718. The minimum atomic E-state index is -0.899. The first-order valence-corrected chi connectivity index (χ1v) is 16.0. The van der Waals surface area contributed by atoms with Crippen molar-refractivity contribution in [2.75, 3.05) is 33.2 Å². The molecule has 0 bridgehead atoms. The van der Waals surface area contributed by atoms with E-state index in [2.05, 4.69) is 20.4 Å². The van der Waals surface area contributed by atoms with E-state index in [0.717, 1.165) is 17.4 Å². The van der Waals surface area contributed by atoms with Crippen molar-refractivity contribution in [3.05, 3.63) is 71.8 Å². The average molecular weight is 657 g/mol. The number of carbonyl (C=O) groups excluding carboxylic acids is 3. The molecule has 2 aromatic rings. The summed E-state index contributed by atoms with van der Waals surface area (Å²) in [5.41, 5.74) is 2.23. The number of rotatable bonds is 22. The van der Waals surface area contributed by atoms with Crippen LogP contribution in [0.3, 0.4) is 0 Å². The lowest BCUT2D eigenvalue weighted by Crippen LogP contribution is -2.29. The number of hydrogen-bond donors (Lipinski definition) is 1. The number of hydrogen-bond acceptors (Lipinski definition) is 10. The molecule has 0 spiro atoms. The van der Waals surface area contributed by atoms with Gasteiger partial charge in [-0.05, 0) is 69.0 Å². The number of aliphatic hydroxyl groups is 1. The Balaban J connectivity index is 1.79. The van der Waals surface area contributed by atoms with E-state index in [0.29, 0.717) is 36.5 Å². The molecule has 10 nitrogen and oxygen atoms in total. The van der Waals surface area contributed by atoms with Crippen molar-refractivity contribution >= 4 is 18.2 Å². The van der Waals surface area contributed by atoms with Crippen LogP contribution in [-0.4, -0.2) is 74.9 Å². The zero-order valence-corrected chi connectivity index (χ0v) is 28.9. The second-order valence-electron chi connectivity index (χ2n) is 12.7. The van der Waals surface area contributed by atoms with Gasteiger partial charge in [0, 0.05) is 16.9 Å². The van der Waals surface area contributed by atoms with E-state index in [1.165, 1.54) is 0 Å². The summed E-state index contributed by atoms with van der Waals surface area (Å²) in [7, 11) is 0. The van der Waals surface area contributed by atoms with E-state index in [1.54, 1.807) is 20.8 Å². The lowest BCUT2D eigenvalue weighted by molar-refractivity contribution is -0.155. The Morgan fingerprint density at radius 3 is 1.85 bits per heavy atom. The van der Waals surface area contributed by atoms with Crippen LogP contribution >= 0.6 is 0 Å². The molecule has 4 unspecified atom stereocenters. The highest BCUT2D eigenvalue weighted by Gasteiger charge is 2.23. The molecule has 0 fully saturated rings. The van der Waals surface area contributed by atoms with Gasteiger partial charge in [0.15, 0.2) is 6.79 Å². The van der Waals surface area contributed by atoms with Gasteiger partial charge in [0.25, 0.3) is 0 Å². The minimum absolute atomic E-state index is 0.0387. The molecule has 0 amide bonds. The fraction of sp³-hybridized carbons (Fsp3) is 0.541. The summed E-state index contributed by atoms with van der Waals surface area (Å²) in [5.74, 6) is -0.0153. The first kappa shape index (κ1) is 39.4. The molecular formula is C37H52O10. The van der Waals surface area contributed by atoms with Gasteiger partial charge in [-0.15, -0.1) is 0 Å². The van der Waals surface area contributed by atoms with Crippen molar-refractivity contribution in [3.63, 3.8) is 0 Å². The van der Waals surface area contributed by atoms with Crippen LogP contribution in [0.4, 0.5) is 0 Å². The van der Waals surface area contributed by atoms with Gasteiger partial charge in [0.2, 0.25) is 0 Å². The van der Waals surface area contributed by atoms with Crippen LogP contribution in [0.2, 0.25) is 0 Å². The number of aliphatic hydroxyl groups excluding tert-OH is 1. The molecule has 0 aliphatic heterocycles. The number of esters is 2. The maximum atomic E-state index is 11.6. The Kier molecular flexibility index (Phi) is 16.6. The number of aldehydes is 1. The maximum Gasteiger partial charge on any atom is 0.335 e. The molecule has 10 heteroatoms. The van der Waals surface area contributed by atoms with Gasteiger partial charge in [0.1, 0.15) is 37.1 Å². The van der Waals surface area contributed by atoms with E-state index in [4.69, 9.17) is 28.4 Å². The molecule has 4 atom stereocenters. The molecule has 260 valence electrons. The van der Waals surface area contributed by atoms with Crippen molar-refractivity contribution < 1.29 is 47.9 Å². The zero-order chi connectivity index (χ0) is 35.0. The number of benzene rings is 2. The molecule has 1 N–H and O–H groups in total. The minimum Gasteiger partial charge on any atom is -0.493 e. The SMILES string of the molecule is C=C(C)C(=O)OCOC(C)CCC(C=O)COc1ccc(C(C)(C)c2ccc(OCC(C)OCC(O)COC(=O)C(C)C)cc2)cc1. The fourth-order valence-electron chi connectivity index (χ4n) is 4.29.